The van der Waals surface area contributed by atoms with Crippen molar-refractivity contribution >= 4 is 69.2 Å². The largest absolute Gasteiger partial charge is 0.505 e. The second kappa shape index (κ2) is 6.72. The summed E-state index contributed by atoms with van der Waals surface area (Å²) >= 11 is 18.1. The first-order chi connectivity index (χ1) is 11.4. The number of rotatable bonds is 2. The average molecular weight is 400 g/mol. The summed E-state index contributed by atoms with van der Waals surface area (Å²) in [6.07, 6.45) is 1.57. The SMILES string of the molecule is O=C1/C(=C/c2cc(Cl)c(O)c(Cl)c2)SC(=S)N1c1cccc(F)c1. The van der Waals surface area contributed by atoms with E-state index in [0.717, 1.165) is 11.8 Å². The number of aromatic hydroxyl groups is 1. The van der Waals surface area contributed by atoms with Crippen LogP contribution >= 0.6 is 47.2 Å². The first kappa shape index (κ1) is 17.2. The molecule has 0 aliphatic carbocycles. The Hall–Kier alpha value is -1.60. The fourth-order valence-corrected chi connectivity index (χ4v) is 3.93. The van der Waals surface area contributed by atoms with Crippen LogP contribution in [0, 0.1) is 5.82 Å². The Morgan fingerprint density at radius 1 is 1.21 bits per heavy atom. The maximum atomic E-state index is 13.4. The molecule has 1 aliphatic heterocycles. The van der Waals surface area contributed by atoms with Crippen LogP contribution in [0.3, 0.4) is 0 Å². The number of hydrogen-bond acceptors (Lipinski definition) is 4. The van der Waals surface area contributed by atoms with Gasteiger partial charge in [0.15, 0.2) is 10.1 Å². The highest BCUT2D eigenvalue weighted by atomic mass is 35.5. The highest BCUT2D eigenvalue weighted by Gasteiger charge is 2.33. The van der Waals surface area contributed by atoms with E-state index in [9.17, 15) is 14.3 Å². The molecule has 0 spiro atoms. The fourth-order valence-electron chi connectivity index (χ4n) is 2.13. The number of benzene rings is 2. The zero-order chi connectivity index (χ0) is 17.4. The number of carbonyl (C=O) groups excluding carboxylic acids is 1. The van der Waals surface area contributed by atoms with Crippen molar-refractivity contribution in [2.45, 2.75) is 0 Å². The van der Waals surface area contributed by atoms with Gasteiger partial charge in [-0.05, 0) is 42.0 Å². The average Bonchev–Trinajstić information content (AvgIpc) is 2.79. The van der Waals surface area contributed by atoms with Crippen molar-refractivity contribution in [3.8, 4) is 5.75 Å². The molecule has 0 atom stereocenters. The molecule has 1 heterocycles. The monoisotopic (exact) mass is 399 g/mol. The number of anilines is 1. The van der Waals surface area contributed by atoms with Crippen LogP contribution in [0.4, 0.5) is 10.1 Å². The quantitative estimate of drug-likeness (QED) is 0.553. The number of hydrogen-bond donors (Lipinski definition) is 1. The summed E-state index contributed by atoms with van der Waals surface area (Å²) in [6, 6.07) is 8.60. The predicted molar refractivity (Wildman–Crippen MR) is 100 cm³/mol. The van der Waals surface area contributed by atoms with Gasteiger partial charge >= 0.3 is 0 Å². The van der Waals surface area contributed by atoms with Crippen molar-refractivity contribution in [1.29, 1.82) is 0 Å². The molecular weight excluding hydrogens is 392 g/mol. The summed E-state index contributed by atoms with van der Waals surface area (Å²) in [5.74, 6) is -1.04. The normalized spacial score (nSPS) is 16.3. The Kier molecular flexibility index (Phi) is 4.83. The number of amides is 1. The van der Waals surface area contributed by atoms with Gasteiger partial charge in [-0.2, -0.15) is 0 Å². The Bertz CT molecular complexity index is 878. The molecule has 2 aromatic carbocycles. The molecule has 0 unspecified atom stereocenters. The number of phenolic OH excluding ortho intramolecular Hbond substituents is 1. The first-order valence-electron chi connectivity index (χ1n) is 6.58. The van der Waals surface area contributed by atoms with Gasteiger partial charge in [-0.3, -0.25) is 9.69 Å². The van der Waals surface area contributed by atoms with Crippen LogP contribution in [0.2, 0.25) is 10.0 Å². The fraction of sp³-hybridized carbons (Fsp3) is 0. The molecule has 3 nitrogen and oxygen atoms in total. The Morgan fingerprint density at radius 2 is 1.88 bits per heavy atom. The minimum absolute atomic E-state index is 0.0781. The number of thioether (sulfide) groups is 1. The van der Waals surface area contributed by atoms with Gasteiger partial charge in [0.05, 0.1) is 20.6 Å². The molecule has 2 aromatic rings. The second-order valence-corrected chi connectivity index (χ2v) is 7.32. The lowest BCUT2D eigenvalue weighted by molar-refractivity contribution is -0.113. The molecule has 1 fully saturated rings. The van der Waals surface area contributed by atoms with Crippen molar-refractivity contribution in [3.63, 3.8) is 0 Å². The van der Waals surface area contributed by atoms with Crippen LogP contribution < -0.4 is 4.90 Å². The van der Waals surface area contributed by atoms with E-state index in [1.165, 1.54) is 35.2 Å². The Labute approximate surface area is 156 Å². The lowest BCUT2D eigenvalue weighted by Gasteiger charge is -2.14. The van der Waals surface area contributed by atoms with Crippen LogP contribution in [0.25, 0.3) is 6.08 Å². The third kappa shape index (κ3) is 3.28. The van der Waals surface area contributed by atoms with Crippen molar-refractivity contribution in [1.82, 2.24) is 0 Å². The van der Waals surface area contributed by atoms with Gasteiger partial charge in [0.2, 0.25) is 0 Å². The summed E-state index contributed by atoms with van der Waals surface area (Å²) < 4.78 is 13.7. The van der Waals surface area contributed by atoms with Crippen molar-refractivity contribution in [2.75, 3.05) is 4.90 Å². The lowest BCUT2D eigenvalue weighted by atomic mass is 10.2. The van der Waals surface area contributed by atoms with Crippen molar-refractivity contribution < 1.29 is 14.3 Å². The van der Waals surface area contributed by atoms with E-state index in [1.54, 1.807) is 12.1 Å². The van der Waals surface area contributed by atoms with E-state index >= 15 is 0 Å². The highest BCUT2D eigenvalue weighted by Crippen LogP contribution is 2.38. The van der Waals surface area contributed by atoms with E-state index in [0.29, 0.717) is 20.5 Å². The van der Waals surface area contributed by atoms with Gasteiger partial charge < -0.3 is 5.11 Å². The zero-order valence-electron chi connectivity index (χ0n) is 11.8. The summed E-state index contributed by atoms with van der Waals surface area (Å²) in [6.45, 7) is 0. The van der Waals surface area contributed by atoms with Crippen LogP contribution in [-0.2, 0) is 4.79 Å². The Balaban J connectivity index is 1.97. The third-order valence-electron chi connectivity index (χ3n) is 3.20. The van der Waals surface area contributed by atoms with Gasteiger partial charge in [0.1, 0.15) is 5.82 Å². The van der Waals surface area contributed by atoms with E-state index in [2.05, 4.69) is 0 Å². The van der Waals surface area contributed by atoms with Gasteiger partial charge in [-0.25, -0.2) is 4.39 Å². The zero-order valence-corrected chi connectivity index (χ0v) is 14.9. The molecule has 1 saturated heterocycles. The smallest absolute Gasteiger partial charge is 0.270 e. The first-order valence-corrected chi connectivity index (χ1v) is 8.56. The maximum Gasteiger partial charge on any atom is 0.270 e. The minimum Gasteiger partial charge on any atom is -0.505 e. The van der Waals surface area contributed by atoms with Crippen molar-refractivity contribution in [2.24, 2.45) is 0 Å². The molecule has 3 rings (SSSR count). The molecule has 122 valence electrons. The number of halogens is 3. The summed E-state index contributed by atoms with van der Waals surface area (Å²) in [4.78, 5) is 14.2. The van der Waals surface area contributed by atoms with E-state index in [-0.39, 0.29) is 21.7 Å². The van der Waals surface area contributed by atoms with Gasteiger partial charge in [-0.1, -0.05) is 53.2 Å². The topological polar surface area (TPSA) is 40.5 Å². The van der Waals surface area contributed by atoms with E-state index < -0.39 is 5.82 Å². The predicted octanol–water partition coefficient (Wildman–Crippen LogP) is 5.24. The molecule has 24 heavy (non-hydrogen) atoms. The summed E-state index contributed by atoms with van der Waals surface area (Å²) in [5, 5.41) is 9.74. The van der Waals surface area contributed by atoms with E-state index in [1.807, 2.05) is 0 Å². The van der Waals surface area contributed by atoms with Gasteiger partial charge in [0, 0.05) is 0 Å². The van der Waals surface area contributed by atoms with Crippen LogP contribution in [0.15, 0.2) is 41.3 Å². The Morgan fingerprint density at radius 3 is 2.50 bits per heavy atom. The number of phenols is 1. The second-order valence-electron chi connectivity index (χ2n) is 4.83. The van der Waals surface area contributed by atoms with Crippen molar-refractivity contribution in [3.05, 3.63) is 62.7 Å². The van der Waals surface area contributed by atoms with Gasteiger partial charge in [0.25, 0.3) is 5.91 Å². The molecule has 0 bridgehead atoms. The lowest BCUT2D eigenvalue weighted by Crippen LogP contribution is -2.27. The molecule has 1 N–H and O–H groups in total. The molecule has 0 saturated carbocycles. The molecule has 0 radical (unpaired) electrons. The molecule has 1 aliphatic rings. The highest BCUT2D eigenvalue weighted by molar-refractivity contribution is 8.27. The maximum absolute atomic E-state index is 13.4. The molecule has 1 amide bonds. The molecule has 8 heteroatoms. The van der Waals surface area contributed by atoms with Crippen LogP contribution in [-0.4, -0.2) is 15.3 Å². The summed E-state index contributed by atoms with van der Waals surface area (Å²) in [5.41, 5.74) is 0.908. The standard InChI is InChI=1S/C16H8Cl2FNO2S2/c17-11-4-8(5-12(18)14(11)21)6-13-15(22)20(16(23)24-13)10-3-1-2-9(19)7-10/h1-7,21H/b13-6-. The molecular formula is C16H8Cl2FNO2S2. The third-order valence-corrected chi connectivity index (χ3v) is 5.08. The number of carbonyl (C=O) groups is 1. The summed E-state index contributed by atoms with van der Waals surface area (Å²) in [7, 11) is 0. The molecule has 0 aromatic heterocycles. The van der Waals surface area contributed by atoms with Gasteiger partial charge in [-0.15, -0.1) is 0 Å². The number of thiocarbonyl (C=S) groups is 1. The number of nitrogens with zero attached hydrogens (tertiary/aromatic N) is 1. The van der Waals surface area contributed by atoms with Crippen LogP contribution in [0.1, 0.15) is 5.56 Å². The minimum atomic E-state index is -0.456. The van der Waals surface area contributed by atoms with E-state index in [4.69, 9.17) is 35.4 Å². The van der Waals surface area contributed by atoms with Crippen LogP contribution in [0.5, 0.6) is 5.75 Å².